The van der Waals surface area contributed by atoms with Crippen LogP contribution in [-0.4, -0.2) is 19.1 Å². The van der Waals surface area contributed by atoms with E-state index >= 15 is 0 Å². The first-order valence-electron chi connectivity index (χ1n) is 7.32. The van der Waals surface area contributed by atoms with E-state index in [1.165, 1.54) is 4.57 Å². The number of imidazole rings is 1. The highest BCUT2D eigenvalue weighted by Crippen LogP contribution is 2.16. The fourth-order valence-electron chi connectivity index (χ4n) is 2.43. The lowest BCUT2D eigenvalue weighted by Crippen LogP contribution is -2.16. The van der Waals surface area contributed by atoms with E-state index in [9.17, 15) is 4.79 Å². The Labute approximate surface area is 144 Å². The molecule has 24 heavy (non-hydrogen) atoms. The van der Waals surface area contributed by atoms with Crippen LogP contribution in [0, 0.1) is 25.7 Å². The first kappa shape index (κ1) is 16.0. The van der Waals surface area contributed by atoms with Crippen molar-refractivity contribution < 1.29 is 0 Å². The zero-order valence-electron chi connectivity index (χ0n) is 13.5. The molecule has 0 radical (unpaired) electrons. The molecular formula is C18H15ClN4O. The van der Waals surface area contributed by atoms with Gasteiger partial charge >= 0.3 is 0 Å². The van der Waals surface area contributed by atoms with Crippen LogP contribution < -0.4 is 5.56 Å². The van der Waals surface area contributed by atoms with Crippen molar-refractivity contribution in [3.05, 3.63) is 74.9 Å². The Balaban J connectivity index is 2.04. The van der Waals surface area contributed by atoms with Crippen molar-refractivity contribution in [2.45, 2.75) is 13.8 Å². The van der Waals surface area contributed by atoms with Crippen molar-refractivity contribution in [2.75, 3.05) is 0 Å². The molecule has 3 rings (SSSR count). The Bertz CT molecular complexity index is 1040. The van der Waals surface area contributed by atoms with Gasteiger partial charge in [-0.25, -0.2) is 9.97 Å². The summed E-state index contributed by atoms with van der Waals surface area (Å²) in [6.07, 6.45) is 3.35. The molecule has 0 saturated heterocycles. The molecule has 0 aliphatic rings. The molecule has 3 aromatic rings. The van der Waals surface area contributed by atoms with Crippen LogP contribution in [0.15, 0.2) is 41.5 Å². The van der Waals surface area contributed by atoms with Crippen LogP contribution in [0.1, 0.15) is 22.8 Å². The zero-order valence-corrected chi connectivity index (χ0v) is 14.3. The molecule has 3 aromatic heterocycles. The third kappa shape index (κ3) is 3.10. The van der Waals surface area contributed by atoms with Crippen LogP contribution >= 0.6 is 11.6 Å². The number of nitrogens with zero attached hydrogens (tertiary/aromatic N) is 4. The Morgan fingerprint density at radius 1 is 1.17 bits per heavy atom. The van der Waals surface area contributed by atoms with E-state index in [4.69, 9.17) is 11.6 Å². The van der Waals surface area contributed by atoms with E-state index < -0.39 is 0 Å². The third-order valence-electron chi connectivity index (χ3n) is 3.67. The highest BCUT2D eigenvalue weighted by atomic mass is 35.5. The highest BCUT2D eigenvalue weighted by molar-refractivity contribution is 6.29. The van der Waals surface area contributed by atoms with Crippen molar-refractivity contribution >= 4 is 11.6 Å². The van der Waals surface area contributed by atoms with Crippen LogP contribution in [0.5, 0.6) is 0 Å². The van der Waals surface area contributed by atoms with E-state index in [0.29, 0.717) is 10.8 Å². The van der Waals surface area contributed by atoms with Gasteiger partial charge in [-0.2, -0.15) is 0 Å². The maximum Gasteiger partial charge on any atom is 0.252 e. The average Bonchev–Trinajstić information content (AvgIpc) is 2.82. The molecule has 120 valence electrons. The largest absolute Gasteiger partial charge is 0.318 e. The molecule has 0 aliphatic carbocycles. The molecule has 3 heterocycles. The first-order chi connectivity index (χ1) is 11.5. The number of hydrogen-bond acceptors (Lipinski definition) is 3. The summed E-state index contributed by atoms with van der Waals surface area (Å²) in [5.41, 5.74) is 3.03. The second kappa shape index (κ2) is 6.34. The SMILES string of the molecule is Cc1nc(C#Cc2ccnc(Cl)c2)c(C)n1-c1ccn(C)c(=O)c1. The maximum atomic E-state index is 11.9. The Morgan fingerprint density at radius 3 is 2.67 bits per heavy atom. The molecule has 0 N–H and O–H groups in total. The summed E-state index contributed by atoms with van der Waals surface area (Å²) in [4.78, 5) is 20.3. The van der Waals surface area contributed by atoms with Gasteiger partial charge in [0.05, 0.1) is 11.4 Å². The maximum absolute atomic E-state index is 11.9. The molecule has 0 fully saturated rings. The lowest BCUT2D eigenvalue weighted by molar-refractivity contribution is 0.843. The first-order valence-corrected chi connectivity index (χ1v) is 7.70. The minimum Gasteiger partial charge on any atom is -0.318 e. The predicted molar refractivity (Wildman–Crippen MR) is 93.5 cm³/mol. The summed E-state index contributed by atoms with van der Waals surface area (Å²) in [6, 6.07) is 6.96. The van der Waals surface area contributed by atoms with Crippen molar-refractivity contribution in [3.8, 4) is 17.5 Å². The van der Waals surface area contributed by atoms with Gasteiger partial charge in [0.2, 0.25) is 0 Å². The van der Waals surface area contributed by atoms with E-state index in [-0.39, 0.29) is 5.56 Å². The standard InChI is InChI=1S/C18H15ClN4O/c1-12-16(5-4-14-6-8-20-17(19)10-14)21-13(2)23(12)15-7-9-22(3)18(24)11-15/h6-11H,1-3H3. The van der Waals surface area contributed by atoms with Crippen LogP contribution in [0.4, 0.5) is 0 Å². The number of pyridine rings is 2. The van der Waals surface area contributed by atoms with Crippen molar-refractivity contribution in [3.63, 3.8) is 0 Å². The quantitative estimate of drug-likeness (QED) is 0.506. The molecule has 0 unspecified atom stereocenters. The molecule has 5 nitrogen and oxygen atoms in total. The Kier molecular flexibility index (Phi) is 4.24. The summed E-state index contributed by atoms with van der Waals surface area (Å²) in [7, 11) is 1.72. The fraction of sp³-hybridized carbons (Fsp3) is 0.167. The van der Waals surface area contributed by atoms with Gasteiger partial charge in [0, 0.05) is 31.1 Å². The van der Waals surface area contributed by atoms with Crippen LogP contribution in [0.25, 0.3) is 5.69 Å². The Morgan fingerprint density at radius 2 is 1.96 bits per heavy atom. The molecule has 0 bridgehead atoms. The zero-order chi connectivity index (χ0) is 17.3. The summed E-state index contributed by atoms with van der Waals surface area (Å²) in [6.45, 7) is 3.82. The second-order valence-corrected chi connectivity index (χ2v) is 5.77. The summed E-state index contributed by atoms with van der Waals surface area (Å²) in [5, 5.41) is 0.403. The fourth-order valence-corrected chi connectivity index (χ4v) is 2.60. The topological polar surface area (TPSA) is 52.7 Å². The number of halogens is 1. The molecule has 0 spiro atoms. The Hall–Kier alpha value is -2.84. The summed E-state index contributed by atoms with van der Waals surface area (Å²) < 4.78 is 3.45. The minimum atomic E-state index is -0.0703. The average molecular weight is 339 g/mol. The number of hydrogen-bond donors (Lipinski definition) is 0. The van der Waals surface area contributed by atoms with Gasteiger partial charge in [-0.05, 0) is 38.0 Å². The molecule has 0 saturated carbocycles. The van der Waals surface area contributed by atoms with Gasteiger partial charge in [0.15, 0.2) is 0 Å². The van der Waals surface area contributed by atoms with Crippen molar-refractivity contribution in [1.29, 1.82) is 0 Å². The molecule has 0 atom stereocenters. The van der Waals surface area contributed by atoms with Crippen molar-refractivity contribution in [1.82, 2.24) is 19.1 Å². The predicted octanol–water partition coefficient (Wildman–Crippen LogP) is 2.64. The van der Waals surface area contributed by atoms with Gasteiger partial charge < -0.3 is 4.57 Å². The third-order valence-corrected chi connectivity index (χ3v) is 3.88. The lowest BCUT2D eigenvalue weighted by Gasteiger charge is -2.08. The van der Waals surface area contributed by atoms with Crippen molar-refractivity contribution in [2.24, 2.45) is 7.05 Å². The second-order valence-electron chi connectivity index (χ2n) is 5.38. The van der Waals surface area contributed by atoms with Gasteiger partial charge in [-0.3, -0.25) is 9.36 Å². The van der Waals surface area contributed by atoms with Crippen LogP contribution in [0.3, 0.4) is 0 Å². The highest BCUT2D eigenvalue weighted by Gasteiger charge is 2.11. The minimum absolute atomic E-state index is 0.0703. The number of aromatic nitrogens is 4. The normalized spacial score (nSPS) is 10.3. The number of aryl methyl sites for hydroxylation is 2. The van der Waals surface area contributed by atoms with Gasteiger partial charge in [0.1, 0.15) is 16.7 Å². The van der Waals surface area contributed by atoms with Crippen LogP contribution in [-0.2, 0) is 7.05 Å². The number of rotatable bonds is 1. The lowest BCUT2D eigenvalue weighted by atomic mass is 10.2. The van der Waals surface area contributed by atoms with Gasteiger partial charge in [-0.1, -0.05) is 17.5 Å². The molecular weight excluding hydrogens is 324 g/mol. The summed E-state index contributed by atoms with van der Waals surface area (Å²) in [5.74, 6) is 6.88. The molecule has 6 heteroatoms. The monoisotopic (exact) mass is 338 g/mol. The molecule has 0 amide bonds. The van der Waals surface area contributed by atoms with Crippen LogP contribution in [0.2, 0.25) is 5.15 Å². The van der Waals surface area contributed by atoms with E-state index in [1.54, 1.807) is 37.6 Å². The molecule has 0 aromatic carbocycles. The van der Waals surface area contributed by atoms with E-state index in [1.807, 2.05) is 24.5 Å². The smallest absolute Gasteiger partial charge is 0.252 e. The summed E-state index contributed by atoms with van der Waals surface area (Å²) >= 11 is 5.86. The van der Waals surface area contributed by atoms with Gasteiger partial charge in [0.25, 0.3) is 5.56 Å². The van der Waals surface area contributed by atoms with Gasteiger partial charge in [-0.15, -0.1) is 0 Å². The van der Waals surface area contributed by atoms with E-state index in [0.717, 1.165) is 22.8 Å². The molecule has 0 aliphatic heterocycles. The van der Waals surface area contributed by atoms with E-state index in [2.05, 4.69) is 21.8 Å².